The Bertz CT molecular complexity index is 2280. The van der Waals surface area contributed by atoms with Crippen molar-refractivity contribution in [2.24, 2.45) is 23.7 Å². The van der Waals surface area contributed by atoms with Crippen LogP contribution in [0.2, 0.25) is 0 Å². The molecular formula is C59H100N8O11. The zero-order valence-electron chi connectivity index (χ0n) is 49.7. The van der Waals surface area contributed by atoms with E-state index in [9.17, 15) is 30.3 Å². The van der Waals surface area contributed by atoms with Crippen LogP contribution in [0.1, 0.15) is 157 Å². The van der Waals surface area contributed by atoms with Crippen molar-refractivity contribution in [1.82, 2.24) is 39.8 Å². The number of unbranched alkanes of at least 4 members (excludes halogenated alkanes) is 4. The van der Waals surface area contributed by atoms with Gasteiger partial charge in [0.15, 0.2) is 6.29 Å². The quantitative estimate of drug-likeness (QED) is 0.0635. The average Bonchev–Trinajstić information content (AvgIpc) is 4.12. The molecule has 3 aromatic rings. The second-order valence-electron chi connectivity index (χ2n) is 24.6. The lowest BCUT2D eigenvalue weighted by Crippen LogP contribution is -2.62. The fourth-order valence-corrected chi connectivity index (χ4v) is 12.9. The van der Waals surface area contributed by atoms with E-state index in [0.717, 1.165) is 55.7 Å². The Morgan fingerprint density at radius 2 is 1.51 bits per heavy atom. The number of aliphatic hydroxyl groups is 5. The minimum absolute atomic E-state index is 0.163. The first-order chi connectivity index (χ1) is 36.8. The van der Waals surface area contributed by atoms with E-state index in [-0.39, 0.29) is 37.3 Å². The number of hydrogen-bond donors (Lipinski definition) is 5. The van der Waals surface area contributed by atoms with Gasteiger partial charge in [-0.1, -0.05) is 76.4 Å². The minimum Gasteiger partial charge on any atom is -0.459 e. The first-order valence-corrected chi connectivity index (χ1v) is 29.3. The number of benzene rings is 1. The maximum atomic E-state index is 14.7. The molecule has 5 heterocycles. The maximum Gasteiger partial charge on any atom is 0.309 e. The van der Waals surface area contributed by atoms with E-state index < -0.39 is 95.6 Å². The molecule has 78 heavy (non-hydrogen) atoms. The number of likely N-dealkylation sites (N-methyl/N-ethyl adjacent to an activating group) is 2. The van der Waals surface area contributed by atoms with Gasteiger partial charge in [-0.3, -0.25) is 9.48 Å². The molecule has 0 aliphatic carbocycles. The van der Waals surface area contributed by atoms with Crippen LogP contribution in [0.3, 0.4) is 0 Å². The summed E-state index contributed by atoms with van der Waals surface area (Å²) < 4.78 is 36.1. The van der Waals surface area contributed by atoms with Crippen LogP contribution in [0.5, 0.6) is 0 Å². The van der Waals surface area contributed by atoms with Crippen LogP contribution in [-0.2, 0) is 54.3 Å². The topological polar surface area (TPSA) is 232 Å². The Morgan fingerprint density at radius 1 is 0.833 bits per heavy atom. The summed E-state index contributed by atoms with van der Waals surface area (Å²) in [6, 6.07) is 7.61. The van der Waals surface area contributed by atoms with Crippen molar-refractivity contribution in [2.45, 2.75) is 250 Å². The Kier molecular flexibility index (Phi) is 22.9. The predicted molar refractivity (Wildman–Crippen MR) is 298 cm³/mol. The summed E-state index contributed by atoms with van der Waals surface area (Å²) in [4.78, 5) is 18.7. The standard InChI is InChI=1S/C59H100N8O11/c1-15-17-18-19-23-44-36-67(63-61-44)46-26-24-43(25-27-46)22-20-21-29-66-35-45(60-62-66)28-30-64(12)47-31-38(4)75-56(51(47)68)78-54-39(5)50(48-33-58(10,74-14)53(70)42(8)76-48)40(6)55(71)77-49(16-2)59(11,73)52(69)41(7)65(13)34-37(3)32-57(54,9)72/h24-27,35-42,47-54,56,68-70,72-73H,15-23,28-34H2,1-14H3/t37-,38-,39+,40-,41-,42+,47+,48?,49-,50+,51-,52-,53+,54-,56+,57-,58-,59-/m1/s1. The van der Waals surface area contributed by atoms with Gasteiger partial charge in [-0.15, -0.1) is 10.2 Å². The molecule has 0 spiro atoms. The van der Waals surface area contributed by atoms with Crippen LogP contribution in [0.4, 0.5) is 0 Å². The molecule has 0 saturated carbocycles. The lowest BCUT2D eigenvalue weighted by Gasteiger charge is -2.51. The van der Waals surface area contributed by atoms with Crippen molar-refractivity contribution in [3.05, 3.63) is 53.6 Å². The number of esters is 1. The molecule has 442 valence electrons. The Labute approximate surface area is 465 Å². The SMILES string of the molecule is CCCCCCc1cn(-c2ccc(CCCCn3cc(CCN(C)[C@H]4C[C@@H](C)O[C@@H](O[C@@H]5[C@@H](C)[C@H](C6C[C@@](C)(OC)[C@@H](O)[C@H](C)O6)[C@@H](C)C(=O)O[C@H](CC)[C@@](C)(O)[C@H](O)[C@@H](C)N(C)C[C@H](C)C[C@@]5(C)O)[C@@H]4O)nn3)cc2)nn1. The van der Waals surface area contributed by atoms with Crippen LogP contribution in [0.25, 0.3) is 5.69 Å². The van der Waals surface area contributed by atoms with Crippen LogP contribution in [-0.4, -0.2) is 190 Å². The highest BCUT2D eigenvalue weighted by Gasteiger charge is 2.55. The number of aryl methyl sites for hydroxylation is 3. The van der Waals surface area contributed by atoms with E-state index in [0.29, 0.717) is 25.9 Å². The van der Waals surface area contributed by atoms with E-state index in [1.165, 1.54) is 31.7 Å². The number of carbonyl (C=O) groups excluding carboxylic acids is 1. The lowest BCUT2D eigenvalue weighted by molar-refractivity contribution is -0.302. The molecule has 0 bridgehead atoms. The van der Waals surface area contributed by atoms with Crippen molar-refractivity contribution in [1.29, 1.82) is 0 Å². The van der Waals surface area contributed by atoms with Crippen molar-refractivity contribution in [3.8, 4) is 5.69 Å². The first kappa shape index (κ1) is 63.7. The molecule has 1 aromatic carbocycles. The van der Waals surface area contributed by atoms with E-state index in [2.05, 4.69) is 56.7 Å². The third-order valence-corrected chi connectivity index (χ3v) is 17.9. The maximum absolute atomic E-state index is 14.7. The Hall–Kier alpha value is -3.47. The number of hydrogen-bond acceptors (Lipinski definition) is 17. The van der Waals surface area contributed by atoms with Crippen molar-refractivity contribution in [2.75, 3.05) is 34.3 Å². The van der Waals surface area contributed by atoms with Gasteiger partial charge in [-0.25, -0.2) is 4.68 Å². The van der Waals surface area contributed by atoms with E-state index in [1.54, 1.807) is 34.8 Å². The fraction of sp³-hybridized carbons (Fsp3) is 0.814. The molecule has 3 aliphatic heterocycles. The third kappa shape index (κ3) is 15.7. The van der Waals surface area contributed by atoms with Gasteiger partial charge >= 0.3 is 5.97 Å². The highest BCUT2D eigenvalue weighted by molar-refractivity contribution is 5.73. The Morgan fingerprint density at radius 3 is 2.19 bits per heavy atom. The summed E-state index contributed by atoms with van der Waals surface area (Å²) in [6.45, 7) is 22.1. The molecule has 19 nitrogen and oxygen atoms in total. The van der Waals surface area contributed by atoms with Crippen molar-refractivity contribution >= 4 is 5.97 Å². The lowest BCUT2D eigenvalue weighted by atomic mass is 9.68. The zero-order chi connectivity index (χ0) is 57.3. The summed E-state index contributed by atoms with van der Waals surface area (Å²) in [5.41, 5.74) is -0.270. The molecule has 3 fully saturated rings. The highest BCUT2D eigenvalue weighted by Crippen LogP contribution is 2.45. The van der Waals surface area contributed by atoms with Gasteiger partial charge < -0.3 is 59.0 Å². The van der Waals surface area contributed by atoms with Gasteiger partial charge in [0.2, 0.25) is 0 Å². The van der Waals surface area contributed by atoms with Crippen molar-refractivity contribution < 1.29 is 54.0 Å². The Balaban J connectivity index is 1.14. The van der Waals surface area contributed by atoms with E-state index in [1.807, 2.05) is 75.4 Å². The molecule has 6 rings (SSSR count). The molecule has 5 N–H and O–H groups in total. The molecule has 3 saturated heterocycles. The number of ether oxygens (including phenoxy) is 5. The average molecular weight is 1100 g/mol. The highest BCUT2D eigenvalue weighted by atomic mass is 16.7. The monoisotopic (exact) mass is 1100 g/mol. The van der Waals surface area contributed by atoms with E-state index in [4.69, 9.17) is 23.7 Å². The van der Waals surface area contributed by atoms with Crippen molar-refractivity contribution in [3.63, 3.8) is 0 Å². The largest absolute Gasteiger partial charge is 0.459 e. The predicted octanol–water partition coefficient (Wildman–Crippen LogP) is 6.11. The summed E-state index contributed by atoms with van der Waals surface area (Å²) in [5, 5.41) is 77.9. The molecule has 0 radical (unpaired) electrons. The number of aromatic nitrogens is 6. The van der Waals surface area contributed by atoms with Gasteiger partial charge in [0.25, 0.3) is 0 Å². The number of carbonyl (C=O) groups is 1. The first-order valence-electron chi connectivity index (χ1n) is 29.3. The van der Waals surface area contributed by atoms with Gasteiger partial charge in [0.05, 0.1) is 64.8 Å². The summed E-state index contributed by atoms with van der Waals surface area (Å²) in [7, 11) is 5.38. The van der Waals surface area contributed by atoms with Crippen LogP contribution in [0, 0.1) is 23.7 Å². The van der Waals surface area contributed by atoms with Gasteiger partial charge in [0.1, 0.15) is 30.0 Å². The molecule has 2 aromatic heterocycles. The molecule has 1 unspecified atom stereocenters. The molecule has 18 atom stereocenters. The molecular weight excluding hydrogens is 997 g/mol. The summed E-state index contributed by atoms with van der Waals surface area (Å²) >= 11 is 0. The van der Waals surface area contributed by atoms with Crippen LogP contribution < -0.4 is 0 Å². The second kappa shape index (κ2) is 28.0. The third-order valence-electron chi connectivity index (χ3n) is 17.9. The van der Waals surface area contributed by atoms with Crippen LogP contribution in [0.15, 0.2) is 36.7 Å². The molecule has 19 heteroatoms. The number of rotatable bonds is 20. The minimum atomic E-state index is -1.81. The summed E-state index contributed by atoms with van der Waals surface area (Å²) in [6.07, 6.45) is 6.13. The van der Waals surface area contributed by atoms with Gasteiger partial charge in [-0.05, 0) is 137 Å². The smallest absolute Gasteiger partial charge is 0.309 e. The number of methoxy groups -OCH3 is 1. The number of nitrogens with zero attached hydrogens (tertiary/aromatic N) is 8. The fourth-order valence-electron chi connectivity index (χ4n) is 12.9. The number of aliphatic hydroxyl groups excluding tert-OH is 3. The van der Waals surface area contributed by atoms with Gasteiger partial charge in [-0.2, -0.15) is 0 Å². The summed E-state index contributed by atoms with van der Waals surface area (Å²) in [5.74, 6) is -3.09. The molecule has 3 aliphatic rings. The zero-order valence-corrected chi connectivity index (χ0v) is 49.7. The van der Waals surface area contributed by atoms with E-state index >= 15 is 0 Å². The van der Waals surface area contributed by atoms with Gasteiger partial charge in [0, 0.05) is 63.8 Å². The molecule has 0 amide bonds. The van der Waals surface area contributed by atoms with Crippen LogP contribution >= 0.6 is 0 Å². The normalized spacial score (nSPS) is 37.0. The number of cyclic esters (lactones) is 1. The second-order valence-corrected chi connectivity index (χ2v) is 24.6.